The molecule has 0 aromatic heterocycles. The highest BCUT2D eigenvalue weighted by molar-refractivity contribution is 8.00. The predicted molar refractivity (Wildman–Crippen MR) is 92.1 cm³/mol. The fourth-order valence-electron chi connectivity index (χ4n) is 2.71. The molecule has 0 saturated carbocycles. The van der Waals surface area contributed by atoms with Gasteiger partial charge in [0.15, 0.2) is 0 Å². The standard InChI is InChI=1S/C17H13ClF3NO2S/c1-24-14-7-6-10(8-13(14)18)22-15(23)9-25-16(22)11-4-2-3-5-12(11)17(19,20)21/h2-8,16H,9H2,1H3. The molecule has 132 valence electrons. The van der Waals surface area contributed by atoms with Crippen molar-refractivity contribution in [3.8, 4) is 5.75 Å². The maximum atomic E-state index is 13.3. The van der Waals surface area contributed by atoms with Crippen molar-refractivity contribution in [2.24, 2.45) is 0 Å². The molecule has 0 bridgehead atoms. The van der Waals surface area contributed by atoms with E-state index in [1.54, 1.807) is 12.1 Å². The number of amides is 1. The number of methoxy groups -OCH3 is 1. The number of anilines is 1. The lowest BCUT2D eigenvalue weighted by atomic mass is 10.1. The molecule has 0 spiro atoms. The molecule has 1 fully saturated rings. The van der Waals surface area contributed by atoms with E-state index in [1.807, 2.05) is 0 Å². The maximum Gasteiger partial charge on any atom is 0.416 e. The number of ether oxygens (including phenoxy) is 1. The molecule has 2 aromatic carbocycles. The van der Waals surface area contributed by atoms with Gasteiger partial charge in [0.1, 0.15) is 11.1 Å². The molecule has 0 N–H and O–H groups in total. The second kappa shape index (κ2) is 6.80. The van der Waals surface area contributed by atoms with E-state index in [4.69, 9.17) is 16.3 Å². The first kappa shape index (κ1) is 17.9. The number of hydrogen-bond donors (Lipinski definition) is 0. The molecule has 0 aliphatic carbocycles. The summed E-state index contributed by atoms with van der Waals surface area (Å²) in [5.74, 6) is 0.255. The summed E-state index contributed by atoms with van der Waals surface area (Å²) in [6.45, 7) is 0. The second-order valence-corrected chi connectivity index (χ2v) is 6.81. The minimum Gasteiger partial charge on any atom is -0.495 e. The number of thioether (sulfide) groups is 1. The third-order valence-electron chi connectivity index (χ3n) is 3.81. The van der Waals surface area contributed by atoms with Gasteiger partial charge in [-0.3, -0.25) is 9.69 Å². The Balaban J connectivity index is 2.06. The van der Waals surface area contributed by atoms with Gasteiger partial charge >= 0.3 is 6.18 Å². The third kappa shape index (κ3) is 3.43. The lowest BCUT2D eigenvalue weighted by Gasteiger charge is -2.27. The van der Waals surface area contributed by atoms with E-state index >= 15 is 0 Å². The highest BCUT2D eigenvalue weighted by atomic mass is 35.5. The van der Waals surface area contributed by atoms with Gasteiger partial charge in [0, 0.05) is 5.69 Å². The summed E-state index contributed by atoms with van der Waals surface area (Å²) in [6, 6.07) is 10.0. The Hall–Kier alpha value is -1.86. The van der Waals surface area contributed by atoms with Gasteiger partial charge < -0.3 is 4.74 Å². The Labute approximate surface area is 151 Å². The van der Waals surface area contributed by atoms with Crippen LogP contribution in [-0.4, -0.2) is 18.8 Å². The first-order chi connectivity index (χ1) is 11.8. The van der Waals surface area contributed by atoms with Gasteiger partial charge in [-0.25, -0.2) is 0 Å². The van der Waals surface area contributed by atoms with E-state index in [0.29, 0.717) is 11.4 Å². The summed E-state index contributed by atoms with van der Waals surface area (Å²) >= 11 is 7.26. The van der Waals surface area contributed by atoms with E-state index in [2.05, 4.69) is 0 Å². The van der Waals surface area contributed by atoms with Crippen molar-refractivity contribution in [2.75, 3.05) is 17.8 Å². The molecule has 1 atom stereocenters. The molecule has 1 amide bonds. The van der Waals surface area contributed by atoms with Crippen LogP contribution in [0.25, 0.3) is 0 Å². The molecule has 1 unspecified atom stereocenters. The van der Waals surface area contributed by atoms with Crippen LogP contribution < -0.4 is 9.64 Å². The Morgan fingerprint density at radius 1 is 1.24 bits per heavy atom. The number of carbonyl (C=O) groups is 1. The molecule has 1 aliphatic rings. The normalized spacial score (nSPS) is 17.9. The fourth-order valence-corrected chi connectivity index (χ4v) is 4.17. The highest BCUT2D eigenvalue weighted by Gasteiger charge is 2.41. The Bertz CT molecular complexity index is 813. The van der Waals surface area contributed by atoms with E-state index < -0.39 is 17.1 Å². The molecule has 0 radical (unpaired) electrons. The number of rotatable bonds is 3. The maximum absolute atomic E-state index is 13.3. The van der Waals surface area contributed by atoms with Gasteiger partial charge in [-0.15, -0.1) is 11.8 Å². The van der Waals surface area contributed by atoms with Gasteiger partial charge in [-0.2, -0.15) is 13.2 Å². The molecular formula is C17H13ClF3NO2S. The third-order valence-corrected chi connectivity index (χ3v) is 5.30. The van der Waals surface area contributed by atoms with Crippen LogP contribution in [-0.2, 0) is 11.0 Å². The van der Waals surface area contributed by atoms with E-state index in [-0.39, 0.29) is 22.2 Å². The first-order valence-corrected chi connectivity index (χ1v) is 8.69. The lowest BCUT2D eigenvalue weighted by Crippen LogP contribution is -2.29. The SMILES string of the molecule is COc1ccc(N2C(=O)CSC2c2ccccc2C(F)(F)F)cc1Cl. The fraction of sp³-hybridized carbons (Fsp3) is 0.235. The smallest absolute Gasteiger partial charge is 0.416 e. The van der Waals surface area contributed by atoms with Crippen LogP contribution in [0.15, 0.2) is 42.5 Å². The van der Waals surface area contributed by atoms with E-state index in [0.717, 1.165) is 17.8 Å². The Kier molecular flexibility index (Phi) is 4.88. The van der Waals surface area contributed by atoms with Crippen LogP contribution in [0.2, 0.25) is 5.02 Å². The van der Waals surface area contributed by atoms with Crippen LogP contribution in [0.5, 0.6) is 5.75 Å². The highest BCUT2D eigenvalue weighted by Crippen LogP contribution is 2.46. The quantitative estimate of drug-likeness (QED) is 0.729. The van der Waals surface area contributed by atoms with Crippen LogP contribution in [0, 0.1) is 0 Å². The molecular weight excluding hydrogens is 375 g/mol. The molecule has 25 heavy (non-hydrogen) atoms. The lowest BCUT2D eigenvalue weighted by molar-refractivity contribution is -0.138. The summed E-state index contributed by atoms with van der Waals surface area (Å²) in [4.78, 5) is 13.7. The minimum atomic E-state index is -4.49. The monoisotopic (exact) mass is 387 g/mol. The second-order valence-electron chi connectivity index (χ2n) is 5.33. The molecule has 8 heteroatoms. The zero-order valence-corrected chi connectivity index (χ0v) is 14.6. The van der Waals surface area contributed by atoms with Crippen molar-refractivity contribution in [2.45, 2.75) is 11.6 Å². The van der Waals surface area contributed by atoms with Crippen molar-refractivity contribution in [3.63, 3.8) is 0 Å². The van der Waals surface area contributed by atoms with Crippen molar-refractivity contribution in [3.05, 3.63) is 58.6 Å². The van der Waals surface area contributed by atoms with Crippen molar-refractivity contribution in [1.82, 2.24) is 0 Å². The van der Waals surface area contributed by atoms with E-state index in [9.17, 15) is 18.0 Å². The Morgan fingerprint density at radius 3 is 2.60 bits per heavy atom. The molecule has 3 nitrogen and oxygen atoms in total. The minimum absolute atomic E-state index is 0.0535. The number of halogens is 4. The van der Waals surface area contributed by atoms with E-state index in [1.165, 1.54) is 36.3 Å². The number of nitrogens with zero attached hydrogens (tertiary/aromatic N) is 1. The number of alkyl halides is 3. The number of hydrogen-bond acceptors (Lipinski definition) is 3. The first-order valence-electron chi connectivity index (χ1n) is 7.26. The van der Waals surface area contributed by atoms with Crippen molar-refractivity contribution in [1.29, 1.82) is 0 Å². The number of benzene rings is 2. The number of carbonyl (C=O) groups excluding carboxylic acids is 1. The van der Waals surface area contributed by atoms with Crippen molar-refractivity contribution >= 4 is 35.0 Å². The Morgan fingerprint density at radius 2 is 1.96 bits per heavy atom. The van der Waals surface area contributed by atoms with Gasteiger partial charge in [-0.1, -0.05) is 29.8 Å². The zero-order valence-electron chi connectivity index (χ0n) is 13.0. The summed E-state index contributed by atoms with van der Waals surface area (Å²) in [5, 5.41) is -0.484. The summed E-state index contributed by atoms with van der Waals surface area (Å²) in [5.41, 5.74) is -0.257. The van der Waals surface area contributed by atoms with Crippen LogP contribution in [0.1, 0.15) is 16.5 Å². The van der Waals surface area contributed by atoms with Gasteiger partial charge in [0.2, 0.25) is 5.91 Å². The summed E-state index contributed by atoms with van der Waals surface area (Å²) < 4.78 is 45.1. The largest absolute Gasteiger partial charge is 0.495 e. The van der Waals surface area contributed by atoms with Crippen molar-refractivity contribution < 1.29 is 22.7 Å². The average molecular weight is 388 g/mol. The molecule has 1 saturated heterocycles. The topological polar surface area (TPSA) is 29.5 Å². The average Bonchev–Trinajstić information content (AvgIpc) is 2.95. The van der Waals surface area contributed by atoms with Crippen LogP contribution >= 0.6 is 23.4 Å². The van der Waals surface area contributed by atoms with Gasteiger partial charge in [-0.05, 0) is 29.8 Å². The molecule has 1 aliphatic heterocycles. The molecule has 2 aromatic rings. The zero-order chi connectivity index (χ0) is 18.2. The predicted octanol–water partition coefficient (Wildman–Crippen LogP) is 5.15. The van der Waals surface area contributed by atoms with Gasteiger partial charge in [0.05, 0.1) is 23.4 Å². The van der Waals surface area contributed by atoms with Crippen LogP contribution in [0.4, 0.5) is 18.9 Å². The van der Waals surface area contributed by atoms with Crippen LogP contribution in [0.3, 0.4) is 0 Å². The summed E-state index contributed by atoms with van der Waals surface area (Å²) in [7, 11) is 1.46. The summed E-state index contributed by atoms with van der Waals surface area (Å²) in [6.07, 6.45) is -4.49. The van der Waals surface area contributed by atoms with Gasteiger partial charge in [0.25, 0.3) is 0 Å². The molecule has 3 rings (SSSR count). The molecule has 1 heterocycles.